The Balaban J connectivity index is 1.66. The van der Waals surface area contributed by atoms with Gasteiger partial charge in [0.15, 0.2) is 0 Å². The van der Waals surface area contributed by atoms with Gasteiger partial charge in [0.1, 0.15) is 0 Å². The fourth-order valence-corrected chi connectivity index (χ4v) is 4.68. The van der Waals surface area contributed by atoms with E-state index < -0.39 is 0 Å². The minimum absolute atomic E-state index is 0.583. The van der Waals surface area contributed by atoms with Crippen molar-refractivity contribution in [3.8, 4) is 0 Å². The van der Waals surface area contributed by atoms with Crippen LogP contribution < -0.4 is 5.32 Å². The molecule has 104 valence electrons. The lowest BCUT2D eigenvalue weighted by Crippen LogP contribution is -2.50. The quantitative estimate of drug-likeness (QED) is 0.810. The van der Waals surface area contributed by atoms with Crippen LogP contribution in [-0.2, 0) is 0 Å². The normalized spacial score (nSPS) is 41.3. The molecule has 18 heavy (non-hydrogen) atoms. The molecule has 0 radical (unpaired) electrons. The molecule has 2 nitrogen and oxygen atoms in total. The number of likely N-dealkylation sites (tertiary alicyclic amines) is 1. The molecule has 3 rings (SSSR count). The number of nitrogens with zero attached hydrogens (tertiary/aromatic N) is 1. The second kappa shape index (κ2) is 5.13. The van der Waals surface area contributed by atoms with Crippen molar-refractivity contribution in [1.82, 2.24) is 10.2 Å². The maximum atomic E-state index is 3.75. The van der Waals surface area contributed by atoms with Crippen LogP contribution in [0.4, 0.5) is 0 Å². The van der Waals surface area contributed by atoms with E-state index in [1.54, 1.807) is 0 Å². The number of rotatable bonds is 2. The first-order chi connectivity index (χ1) is 8.66. The summed E-state index contributed by atoms with van der Waals surface area (Å²) in [6.07, 6.45) is 11.4. The van der Waals surface area contributed by atoms with Crippen LogP contribution in [0.1, 0.15) is 65.2 Å². The third-order valence-corrected chi connectivity index (χ3v) is 5.55. The zero-order valence-electron chi connectivity index (χ0n) is 12.3. The molecule has 3 fully saturated rings. The summed E-state index contributed by atoms with van der Waals surface area (Å²) in [7, 11) is 0. The molecule has 0 aromatic carbocycles. The van der Waals surface area contributed by atoms with Crippen molar-refractivity contribution in [1.29, 1.82) is 0 Å². The number of hydrogen-bond donors (Lipinski definition) is 1. The first kappa shape index (κ1) is 12.9. The molecule has 1 saturated carbocycles. The van der Waals surface area contributed by atoms with Gasteiger partial charge in [0, 0.05) is 18.1 Å². The monoisotopic (exact) mass is 250 g/mol. The largest absolute Gasteiger partial charge is 0.312 e. The molecule has 3 unspecified atom stereocenters. The molecule has 0 bridgehead atoms. The fraction of sp³-hybridized carbons (Fsp3) is 1.00. The van der Waals surface area contributed by atoms with Gasteiger partial charge in [-0.15, -0.1) is 0 Å². The molecule has 2 heterocycles. The van der Waals surface area contributed by atoms with Gasteiger partial charge in [-0.3, -0.25) is 4.90 Å². The molecule has 1 N–H and O–H groups in total. The highest BCUT2D eigenvalue weighted by Gasteiger charge is 2.39. The minimum Gasteiger partial charge on any atom is -0.312 e. The molecular weight excluding hydrogens is 220 g/mol. The molecule has 3 atom stereocenters. The zero-order chi connectivity index (χ0) is 12.6. The van der Waals surface area contributed by atoms with E-state index in [2.05, 4.69) is 24.1 Å². The predicted octanol–water partition coefficient (Wildman–Crippen LogP) is 3.17. The smallest absolute Gasteiger partial charge is 0.0252 e. The molecule has 0 spiro atoms. The van der Waals surface area contributed by atoms with Crippen molar-refractivity contribution < 1.29 is 0 Å². The Hall–Kier alpha value is -0.0800. The Kier molecular flexibility index (Phi) is 3.68. The summed E-state index contributed by atoms with van der Waals surface area (Å²) in [5.74, 6) is 0. The van der Waals surface area contributed by atoms with Gasteiger partial charge >= 0.3 is 0 Å². The van der Waals surface area contributed by atoms with Crippen LogP contribution in [0.25, 0.3) is 0 Å². The molecule has 3 aliphatic rings. The maximum Gasteiger partial charge on any atom is 0.0252 e. The minimum atomic E-state index is 0.583. The van der Waals surface area contributed by atoms with Crippen molar-refractivity contribution in [2.24, 2.45) is 5.41 Å². The van der Waals surface area contributed by atoms with Crippen molar-refractivity contribution >= 4 is 0 Å². The summed E-state index contributed by atoms with van der Waals surface area (Å²) in [4.78, 5) is 2.89. The van der Waals surface area contributed by atoms with Crippen LogP contribution >= 0.6 is 0 Å². The summed E-state index contributed by atoms with van der Waals surface area (Å²) in [5, 5.41) is 3.75. The van der Waals surface area contributed by atoms with E-state index in [1.165, 1.54) is 64.5 Å². The van der Waals surface area contributed by atoms with Crippen LogP contribution in [-0.4, -0.2) is 36.1 Å². The Morgan fingerprint density at radius 1 is 1.06 bits per heavy atom. The van der Waals surface area contributed by atoms with E-state index in [-0.39, 0.29) is 0 Å². The van der Waals surface area contributed by atoms with Gasteiger partial charge in [-0.2, -0.15) is 0 Å². The average Bonchev–Trinajstić information content (AvgIpc) is 2.98. The second-order valence-electron chi connectivity index (χ2n) is 7.56. The molecule has 2 saturated heterocycles. The highest BCUT2D eigenvalue weighted by atomic mass is 15.2. The molecule has 0 aromatic heterocycles. The predicted molar refractivity (Wildman–Crippen MR) is 76.8 cm³/mol. The van der Waals surface area contributed by atoms with Crippen LogP contribution in [0.3, 0.4) is 0 Å². The first-order valence-electron chi connectivity index (χ1n) is 8.15. The standard InChI is InChI=1S/C16H30N2/c1-16(2)9-3-6-13(12-16)18-11-5-8-15(18)14-7-4-10-17-14/h13-15,17H,3-12H2,1-2H3. The van der Waals surface area contributed by atoms with Gasteiger partial charge < -0.3 is 5.32 Å². The molecular formula is C16H30N2. The van der Waals surface area contributed by atoms with E-state index in [4.69, 9.17) is 0 Å². The van der Waals surface area contributed by atoms with Gasteiger partial charge in [-0.25, -0.2) is 0 Å². The Labute approximate surface area is 113 Å². The Morgan fingerprint density at radius 3 is 2.67 bits per heavy atom. The van der Waals surface area contributed by atoms with Crippen LogP contribution in [0.5, 0.6) is 0 Å². The summed E-state index contributed by atoms with van der Waals surface area (Å²) in [5.41, 5.74) is 0.583. The van der Waals surface area contributed by atoms with Crippen LogP contribution in [0.15, 0.2) is 0 Å². The highest BCUT2D eigenvalue weighted by molar-refractivity contribution is 4.96. The van der Waals surface area contributed by atoms with Crippen molar-refractivity contribution in [3.63, 3.8) is 0 Å². The molecule has 0 aromatic rings. The van der Waals surface area contributed by atoms with Gasteiger partial charge in [-0.1, -0.05) is 20.3 Å². The fourth-order valence-electron chi connectivity index (χ4n) is 4.68. The third kappa shape index (κ3) is 2.60. The lowest BCUT2D eigenvalue weighted by Gasteiger charge is -2.43. The summed E-state index contributed by atoms with van der Waals surface area (Å²) < 4.78 is 0. The van der Waals surface area contributed by atoms with Crippen molar-refractivity contribution in [3.05, 3.63) is 0 Å². The van der Waals surface area contributed by atoms with E-state index in [0.717, 1.165) is 18.1 Å². The van der Waals surface area contributed by atoms with Gasteiger partial charge in [0.2, 0.25) is 0 Å². The van der Waals surface area contributed by atoms with E-state index in [0.29, 0.717) is 5.41 Å². The average molecular weight is 250 g/mol. The summed E-state index contributed by atoms with van der Waals surface area (Å²) in [6.45, 7) is 7.56. The van der Waals surface area contributed by atoms with Gasteiger partial charge in [0.05, 0.1) is 0 Å². The van der Waals surface area contributed by atoms with E-state index in [9.17, 15) is 0 Å². The molecule has 2 heteroatoms. The Morgan fingerprint density at radius 2 is 1.94 bits per heavy atom. The lowest BCUT2D eigenvalue weighted by molar-refractivity contribution is 0.0738. The number of nitrogens with one attached hydrogen (secondary N) is 1. The van der Waals surface area contributed by atoms with Crippen molar-refractivity contribution in [2.75, 3.05) is 13.1 Å². The summed E-state index contributed by atoms with van der Waals surface area (Å²) >= 11 is 0. The molecule has 1 aliphatic carbocycles. The maximum absolute atomic E-state index is 3.75. The van der Waals surface area contributed by atoms with Crippen molar-refractivity contribution in [2.45, 2.75) is 83.3 Å². The highest BCUT2D eigenvalue weighted by Crippen LogP contribution is 2.40. The third-order valence-electron chi connectivity index (χ3n) is 5.55. The van der Waals surface area contributed by atoms with Crippen LogP contribution in [0.2, 0.25) is 0 Å². The summed E-state index contributed by atoms with van der Waals surface area (Å²) in [6, 6.07) is 2.53. The van der Waals surface area contributed by atoms with Gasteiger partial charge in [-0.05, 0) is 63.5 Å². The van der Waals surface area contributed by atoms with Gasteiger partial charge in [0.25, 0.3) is 0 Å². The second-order valence-corrected chi connectivity index (χ2v) is 7.56. The first-order valence-corrected chi connectivity index (χ1v) is 8.15. The van der Waals surface area contributed by atoms with E-state index >= 15 is 0 Å². The Bertz CT molecular complexity index is 281. The van der Waals surface area contributed by atoms with Crippen LogP contribution in [0, 0.1) is 5.41 Å². The SMILES string of the molecule is CC1(C)CCCC(N2CCCC2C2CCCN2)C1. The number of hydrogen-bond acceptors (Lipinski definition) is 2. The topological polar surface area (TPSA) is 15.3 Å². The molecule has 2 aliphatic heterocycles. The molecule has 0 amide bonds. The zero-order valence-corrected chi connectivity index (χ0v) is 12.3. The lowest BCUT2D eigenvalue weighted by atomic mass is 9.74. The van der Waals surface area contributed by atoms with E-state index in [1.807, 2.05) is 0 Å².